The Morgan fingerprint density at radius 1 is 0.562 bits per heavy atom. The standard InChI is InChI=1S/C49H79O14P/c1-3-5-7-8-9-10-11-12-13-14-15-16-21-24-27-30-33-37-43(52)62-41(39-61-64(58,59)63-49-47(56)45(54)44(53)46(55)48(49)57)38-60-42(51)36-32-29-26-23-20-18-17-19-22-25-28-31-35-40(50)34-6-4-2/h5,7,9-10,12-13,15-18,22-23,25-26,31,35,40-41,44-50,53-57H,3-4,6,8,11,14,19-21,24,27-30,32-34,36-39H2,1-2H3,(H,58,59)/b7-5-,10-9-,13-12-,16-15-,18-17-,25-22-,26-23-,35-31-/t40-,41+,44?,45-,46+,47+,48+,49?/m0/s1. The summed E-state index contributed by atoms with van der Waals surface area (Å²) < 4.78 is 33.4. The van der Waals surface area contributed by atoms with Gasteiger partial charge < -0.3 is 45.0 Å². The molecule has 0 amide bonds. The number of aliphatic hydroxyl groups excluding tert-OH is 6. The second-order valence-electron chi connectivity index (χ2n) is 15.7. The summed E-state index contributed by atoms with van der Waals surface area (Å²) in [6, 6.07) is 0. The second-order valence-corrected chi connectivity index (χ2v) is 17.1. The van der Waals surface area contributed by atoms with Crippen LogP contribution in [0.25, 0.3) is 0 Å². The molecule has 0 heterocycles. The Hall–Kier alpha value is -3.27. The summed E-state index contributed by atoms with van der Waals surface area (Å²) in [5.41, 5.74) is 0. The number of hydrogen-bond acceptors (Lipinski definition) is 13. The molecular weight excluding hydrogens is 843 g/mol. The number of rotatable bonds is 36. The Morgan fingerprint density at radius 2 is 1.03 bits per heavy atom. The van der Waals surface area contributed by atoms with E-state index in [1.54, 1.807) is 0 Å². The summed E-state index contributed by atoms with van der Waals surface area (Å²) in [6.45, 7) is 2.94. The first-order valence-electron chi connectivity index (χ1n) is 23.1. The van der Waals surface area contributed by atoms with Crippen molar-refractivity contribution in [2.24, 2.45) is 0 Å². The Bertz CT molecular complexity index is 1500. The first-order valence-corrected chi connectivity index (χ1v) is 24.6. The summed E-state index contributed by atoms with van der Waals surface area (Å²) in [5.74, 6) is -1.23. The predicted molar refractivity (Wildman–Crippen MR) is 250 cm³/mol. The van der Waals surface area contributed by atoms with Gasteiger partial charge >= 0.3 is 19.8 Å². The van der Waals surface area contributed by atoms with Gasteiger partial charge in [0.05, 0.1) is 12.7 Å². The lowest BCUT2D eigenvalue weighted by molar-refractivity contribution is -0.220. The highest BCUT2D eigenvalue weighted by atomic mass is 31.2. The molecule has 7 N–H and O–H groups in total. The van der Waals surface area contributed by atoms with E-state index < -0.39 is 75.7 Å². The average Bonchev–Trinajstić information content (AvgIpc) is 3.27. The number of carbonyl (C=O) groups is 2. The molecule has 9 atom stereocenters. The number of allylic oxidation sites excluding steroid dienone is 15. The van der Waals surface area contributed by atoms with Crippen molar-refractivity contribution in [2.45, 2.75) is 185 Å². The van der Waals surface area contributed by atoms with Crippen molar-refractivity contribution in [1.82, 2.24) is 0 Å². The van der Waals surface area contributed by atoms with Gasteiger partial charge in [-0.1, -0.05) is 137 Å². The molecule has 0 aromatic heterocycles. The van der Waals surface area contributed by atoms with Crippen LogP contribution in [0, 0.1) is 0 Å². The van der Waals surface area contributed by atoms with Gasteiger partial charge in [0.1, 0.15) is 43.2 Å². The number of carbonyl (C=O) groups excluding carboxylic acids is 2. The smallest absolute Gasteiger partial charge is 0.462 e. The quantitative estimate of drug-likeness (QED) is 0.0137. The first kappa shape index (κ1) is 58.7. The van der Waals surface area contributed by atoms with Crippen LogP contribution in [0.2, 0.25) is 0 Å². The summed E-state index contributed by atoms with van der Waals surface area (Å²) in [6.07, 6.45) is 33.7. The van der Waals surface area contributed by atoms with E-state index in [9.17, 15) is 49.7 Å². The predicted octanol–water partition coefficient (Wildman–Crippen LogP) is 8.02. The fourth-order valence-electron chi connectivity index (χ4n) is 6.23. The Balaban J connectivity index is 2.54. The molecular formula is C49H79O14P. The van der Waals surface area contributed by atoms with Gasteiger partial charge in [-0.3, -0.25) is 18.6 Å². The third-order valence-corrected chi connectivity index (χ3v) is 11.0. The molecule has 0 radical (unpaired) electrons. The monoisotopic (exact) mass is 923 g/mol. The van der Waals surface area contributed by atoms with Gasteiger partial charge in [-0.25, -0.2) is 4.57 Å². The molecule has 1 rings (SSSR count). The molecule has 0 aromatic rings. The fraction of sp³-hybridized carbons (Fsp3) is 0.633. The van der Waals surface area contributed by atoms with Crippen LogP contribution >= 0.6 is 7.82 Å². The minimum atomic E-state index is -5.15. The summed E-state index contributed by atoms with van der Waals surface area (Å²) >= 11 is 0. The van der Waals surface area contributed by atoms with Crippen LogP contribution in [-0.2, 0) is 32.7 Å². The van der Waals surface area contributed by atoms with E-state index in [1.807, 2.05) is 30.4 Å². The average molecular weight is 923 g/mol. The zero-order chi connectivity index (χ0) is 47.3. The van der Waals surface area contributed by atoms with Gasteiger partial charge in [-0.2, -0.15) is 0 Å². The van der Waals surface area contributed by atoms with Crippen LogP contribution in [0.3, 0.4) is 0 Å². The number of esters is 2. The third-order valence-electron chi connectivity index (χ3n) is 9.98. The van der Waals surface area contributed by atoms with Crippen molar-refractivity contribution in [3.63, 3.8) is 0 Å². The van der Waals surface area contributed by atoms with Crippen molar-refractivity contribution in [1.29, 1.82) is 0 Å². The van der Waals surface area contributed by atoms with E-state index in [-0.39, 0.29) is 18.9 Å². The van der Waals surface area contributed by atoms with Crippen molar-refractivity contribution >= 4 is 19.8 Å². The molecule has 3 unspecified atom stereocenters. The number of unbranched alkanes of at least 4 members (excludes halogenated alkanes) is 6. The highest BCUT2D eigenvalue weighted by Gasteiger charge is 2.51. The number of phosphoric acid groups is 1. The van der Waals surface area contributed by atoms with Gasteiger partial charge in [0.2, 0.25) is 0 Å². The van der Waals surface area contributed by atoms with Crippen LogP contribution in [0.15, 0.2) is 97.2 Å². The Labute approximate surface area is 382 Å². The molecule has 0 spiro atoms. The molecule has 0 aliphatic heterocycles. The van der Waals surface area contributed by atoms with Crippen molar-refractivity contribution < 1.29 is 68.2 Å². The Kier molecular flexibility index (Phi) is 34.8. The van der Waals surface area contributed by atoms with Gasteiger partial charge in [-0.15, -0.1) is 0 Å². The van der Waals surface area contributed by atoms with Crippen LogP contribution in [-0.4, -0.2) is 110 Å². The van der Waals surface area contributed by atoms with Crippen LogP contribution in [0.1, 0.15) is 136 Å². The van der Waals surface area contributed by atoms with Crippen molar-refractivity contribution in [2.75, 3.05) is 13.2 Å². The molecule has 1 aliphatic carbocycles. The lowest BCUT2D eigenvalue weighted by atomic mass is 9.85. The van der Waals surface area contributed by atoms with E-state index in [0.717, 1.165) is 89.9 Å². The largest absolute Gasteiger partial charge is 0.472 e. The maximum absolute atomic E-state index is 12.8. The van der Waals surface area contributed by atoms with Gasteiger partial charge in [0.25, 0.3) is 0 Å². The third kappa shape index (κ3) is 30.0. The number of phosphoric ester groups is 1. The van der Waals surface area contributed by atoms with Crippen LogP contribution in [0.4, 0.5) is 0 Å². The van der Waals surface area contributed by atoms with Gasteiger partial charge in [0.15, 0.2) is 6.10 Å². The lowest BCUT2D eigenvalue weighted by Gasteiger charge is -2.41. The van der Waals surface area contributed by atoms with E-state index in [4.69, 9.17) is 18.5 Å². The summed E-state index contributed by atoms with van der Waals surface area (Å²) in [4.78, 5) is 35.7. The first-order chi connectivity index (χ1) is 30.8. The SMILES string of the molecule is CC/C=C\C/C=C\C/C=C\C/C=C\CCCCCCC(=O)O[C@H](COC(=O)CCC/C=C\C/C=C\C/C=C\C/C=C\[C@@H](O)CCCC)COP(=O)(O)OC1[C@H](O)[C@H](O)C(O)[C@H](O)[C@H]1O. The zero-order valence-electron chi connectivity index (χ0n) is 38.1. The molecule has 1 fully saturated rings. The minimum Gasteiger partial charge on any atom is -0.462 e. The highest BCUT2D eigenvalue weighted by Crippen LogP contribution is 2.47. The lowest BCUT2D eigenvalue weighted by Crippen LogP contribution is -2.64. The summed E-state index contributed by atoms with van der Waals surface area (Å²) in [5, 5.41) is 60.0. The van der Waals surface area contributed by atoms with E-state index in [1.165, 1.54) is 0 Å². The molecule has 14 nitrogen and oxygen atoms in total. The molecule has 1 aliphatic rings. The minimum absolute atomic E-state index is 0.0428. The van der Waals surface area contributed by atoms with E-state index in [0.29, 0.717) is 19.3 Å². The number of ether oxygens (including phenoxy) is 2. The number of aliphatic hydroxyl groups is 6. The van der Waals surface area contributed by atoms with Crippen molar-refractivity contribution in [3.8, 4) is 0 Å². The zero-order valence-corrected chi connectivity index (χ0v) is 39.0. The van der Waals surface area contributed by atoms with E-state index >= 15 is 0 Å². The fourth-order valence-corrected chi connectivity index (χ4v) is 7.20. The molecule has 364 valence electrons. The van der Waals surface area contributed by atoms with Crippen molar-refractivity contribution in [3.05, 3.63) is 97.2 Å². The van der Waals surface area contributed by atoms with Gasteiger partial charge in [-0.05, 0) is 83.5 Å². The molecule has 64 heavy (non-hydrogen) atoms. The molecule has 15 heteroatoms. The Morgan fingerprint density at radius 3 is 1.58 bits per heavy atom. The topological polar surface area (TPSA) is 230 Å². The summed E-state index contributed by atoms with van der Waals surface area (Å²) in [7, 11) is -5.15. The van der Waals surface area contributed by atoms with Crippen LogP contribution < -0.4 is 0 Å². The molecule has 0 aromatic carbocycles. The van der Waals surface area contributed by atoms with Crippen LogP contribution in [0.5, 0.6) is 0 Å². The molecule has 0 bridgehead atoms. The maximum Gasteiger partial charge on any atom is 0.472 e. The number of hydrogen-bond donors (Lipinski definition) is 7. The van der Waals surface area contributed by atoms with Gasteiger partial charge in [0, 0.05) is 12.8 Å². The molecule has 0 saturated heterocycles. The normalized spacial score (nSPS) is 23.0. The maximum atomic E-state index is 12.8. The highest BCUT2D eigenvalue weighted by molar-refractivity contribution is 7.47. The second kappa shape index (κ2) is 37.9. The molecule has 1 saturated carbocycles. The van der Waals surface area contributed by atoms with E-state index in [2.05, 4.69) is 80.7 Å².